The first-order valence-electron chi connectivity index (χ1n) is 14.5. The Balaban J connectivity index is 0.000000929. The van der Waals surface area contributed by atoms with Crippen LogP contribution < -0.4 is 15.9 Å². The summed E-state index contributed by atoms with van der Waals surface area (Å²) in [7, 11) is 2.82. The number of pyridine rings is 1. The molecule has 1 saturated heterocycles. The quantitative estimate of drug-likeness (QED) is 0.247. The maximum Gasteiger partial charge on any atom is 0.226 e. The van der Waals surface area contributed by atoms with Crippen molar-refractivity contribution in [2.75, 3.05) is 17.2 Å². The molecular weight excluding hydrogens is 554 g/mol. The van der Waals surface area contributed by atoms with Crippen LogP contribution in [-0.4, -0.2) is 27.5 Å². The van der Waals surface area contributed by atoms with Gasteiger partial charge in [0.1, 0.15) is 11.1 Å². The Morgan fingerprint density at radius 3 is 2.59 bits per heavy atom. The summed E-state index contributed by atoms with van der Waals surface area (Å²) in [6.45, 7) is 16.6. The van der Waals surface area contributed by atoms with E-state index in [2.05, 4.69) is 46.0 Å². The molecule has 6 rings (SSSR count). The molecule has 3 unspecified atom stereocenters. The standard InChI is InChI=1S/C27H28FN6OPS.2C2H6/c1-12(2)6-14-4-5-34(13(14)3)27-32-8-16-17-10-35-11-18(17)20(24(36)22(16)33-27)23-21-15(7-29)26(30)37-25(21)19(28)9-31-23;2*1-2/h8-9,12-14H,4-6,10-11,30,36H2,1-3H3;2*1-2H3. The SMILES string of the molecule is CC.CC.CC(C)CC1CCN(c2ncc3c4c(c(-c5ncc(F)c6sc(N)c(C#N)c56)c(P)c3n2)COC4)C1C. The van der Waals surface area contributed by atoms with Crippen LogP contribution in [0.3, 0.4) is 0 Å². The second kappa shape index (κ2) is 12.9. The van der Waals surface area contributed by atoms with Crippen molar-refractivity contribution in [3.63, 3.8) is 0 Å². The first-order valence-corrected chi connectivity index (χ1v) is 15.9. The zero-order chi connectivity index (χ0) is 30.0. The topological polar surface area (TPSA) is 101 Å². The fraction of sp³-hybridized carbons (Fsp3) is 0.484. The lowest BCUT2D eigenvalue weighted by Crippen LogP contribution is -2.32. The number of thiophene rings is 1. The molecule has 2 aliphatic heterocycles. The van der Waals surface area contributed by atoms with Gasteiger partial charge in [-0.3, -0.25) is 4.98 Å². The second-order valence-electron chi connectivity index (χ2n) is 10.4. The second-order valence-corrected chi connectivity index (χ2v) is 12.0. The lowest BCUT2D eigenvalue weighted by Gasteiger charge is -2.26. The number of rotatable bonds is 4. The van der Waals surface area contributed by atoms with Gasteiger partial charge < -0.3 is 15.4 Å². The number of fused-ring (bicyclic) bond motifs is 4. The van der Waals surface area contributed by atoms with Crippen molar-refractivity contribution < 1.29 is 9.13 Å². The van der Waals surface area contributed by atoms with Crippen molar-refractivity contribution >= 4 is 57.8 Å². The third kappa shape index (κ3) is 5.38. The third-order valence-corrected chi connectivity index (χ3v) is 9.36. The highest BCUT2D eigenvalue weighted by Crippen LogP contribution is 2.43. The molecule has 0 bridgehead atoms. The van der Waals surface area contributed by atoms with Gasteiger partial charge in [-0.1, -0.05) is 41.5 Å². The summed E-state index contributed by atoms with van der Waals surface area (Å²) < 4.78 is 20.9. The maximum absolute atomic E-state index is 14.7. The van der Waals surface area contributed by atoms with Gasteiger partial charge in [0.25, 0.3) is 0 Å². The lowest BCUT2D eigenvalue weighted by molar-refractivity contribution is 0.135. The first-order chi connectivity index (χ1) is 19.8. The van der Waals surface area contributed by atoms with Crippen molar-refractivity contribution in [1.29, 1.82) is 5.26 Å². The van der Waals surface area contributed by atoms with Gasteiger partial charge in [0.15, 0.2) is 5.82 Å². The molecule has 2 N–H and O–H groups in total. The Morgan fingerprint density at radius 1 is 1.20 bits per heavy atom. The summed E-state index contributed by atoms with van der Waals surface area (Å²) in [5, 5.41) is 12.3. The van der Waals surface area contributed by atoms with E-state index >= 15 is 0 Å². The Morgan fingerprint density at radius 2 is 1.90 bits per heavy atom. The molecule has 4 aromatic rings. The predicted octanol–water partition coefficient (Wildman–Crippen LogP) is 7.34. The van der Waals surface area contributed by atoms with Crippen LogP contribution in [0.1, 0.15) is 78.0 Å². The minimum atomic E-state index is -0.487. The lowest BCUT2D eigenvalue weighted by atomic mass is 9.91. The van der Waals surface area contributed by atoms with Gasteiger partial charge >= 0.3 is 0 Å². The number of nitrogens with two attached hydrogens (primary N) is 1. The molecule has 3 atom stereocenters. The first kappa shape index (κ1) is 31.0. The van der Waals surface area contributed by atoms with Gasteiger partial charge in [0.05, 0.1) is 40.9 Å². The molecular formula is C31H40FN6OPS. The molecule has 5 heterocycles. The molecule has 218 valence electrons. The number of nitrogen functional groups attached to an aromatic ring is 1. The minimum Gasteiger partial charge on any atom is -0.389 e. The zero-order valence-corrected chi connectivity index (χ0v) is 27.0. The highest BCUT2D eigenvalue weighted by atomic mass is 32.1. The van der Waals surface area contributed by atoms with Crippen LogP contribution in [-0.2, 0) is 18.0 Å². The highest BCUT2D eigenvalue weighted by molar-refractivity contribution is 7.29. The van der Waals surface area contributed by atoms with Gasteiger partial charge in [-0.2, -0.15) is 5.26 Å². The van der Waals surface area contributed by atoms with E-state index in [0.717, 1.165) is 63.1 Å². The Labute approximate surface area is 248 Å². The molecule has 0 radical (unpaired) electrons. The molecule has 1 fully saturated rings. The molecule has 2 aliphatic rings. The van der Waals surface area contributed by atoms with E-state index in [-0.39, 0.29) is 10.6 Å². The average Bonchev–Trinajstić information content (AvgIpc) is 3.69. The largest absolute Gasteiger partial charge is 0.389 e. The fourth-order valence-electron chi connectivity index (χ4n) is 5.98. The van der Waals surface area contributed by atoms with Crippen LogP contribution >= 0.6 is 20.6 Å². The maximum atomic E-state index is 14.7. The van der Waals surface area contributed by atoms with E-state index in [0.29, 0.717) is 46.9 Å². The molecule has 1 aromatic carbocycles. The Kier molecular flexibility index (Phi) is 9.79. The number of hydrogen-bond acceptors (Lipinski definition) is 8. The predicted molar refractivity (Wildman–Crippen MR) is 172 cm³/mol. The molecule has 0 aliphatic carbocycles. The number of nitrogens with zero attached hydrogens (tertiary/aromatic N) is 5. The summed E-state index contributed by atoms with van der Waals surface area (Å²) in [6, 6.07) is 2.51. The van der Waals surface area contributed by atoms with Gasteiger partial charge in [0, 0.05) is 40.4 Å². The molecule has 41 heavy (non-hydrogen) atoms. The van der Waals surface area contributed by atoms with Crippen LogP contribution in [0.4, 0.5) is 15.3 Å². The average molecular weight is 595 g/mol. The summed E-state index contributed by atoms with van der Waals surface area (Å²) in [5.41, 5.74) is 10.5. The van der Waals surface area contributed by atoms with Gasteiger partial charge in [-0.25, -0.2) is 14.4 Å². The van der Waals surface area contributed by atoms with Gasteiger partial charge in [0.2, 0.25) is 5.95 Å². The molecule has 0 amide bonds. The van der Waals surface area contributed by atoms with E-state index in [1.54, 1.807) is 0 Å². The smallest absolute Gasteiger partial charge is 0.226 e. The van der Waals surface area contributed by atoms with Gasteiger partial charge in [-0.15, -0.1) is 20.6 Å². The van der Waals surface area contributed by atoms with Gasteiger partial charge in [-0.05, 0) is 42.7 Å². The van der Waals surface area contributed by atoms with Crippen molar-refractivity contribution in [2.45, 2.75) is 80.6 Å². The Bertz CT molecular complexity index is 1610. The van der Waals surface area contributed by atoms with E-state index in [4.69, 9.17) is 20.4 Å². The molecule has 7 nitrogen and oxygen atoms in total. The van der Waals surface area contributed by atoms with E-state index in [9.17, 15) is 9.65 Å². The van der Waals surface area contributed by atoms with Crippen molar-refractivity contribution in [3.8, 4) is 17.3 Å². The van der Waals surface area contributed by atoms with E-state index < -0.39 is 5.82 Å². The number of halogens is 1. The number of aromatic nitrogens is 3. The van der Waals surface area contributed by atoms with Crippen LogP contribution in [0, 0.1) is 29.0 Å². The number of anilines is 2. The highest BCUT2D eigenvalue weighted by Gasteiger charge is 2.34. The monoisotopic (exact) mass is 594 g/mol. The van der Waals surface area contributed by atoms with Crippen LogP contribution in [0.5, 0.6) is 0 Å². The molecule has 0 saturated carbocycles. The summed E-state index contributed by atoms with van der Waals surface area (Å²) in [4.78, 5) is 16.7. The summed E-state index contributed by atoms with van der Waals surface area (Å²) in [6.07, 6.45) is 5.43. The Hall–Kier alpha value is -2.92. The number of nitriles is 1. The molecule has 10 heteroatoms. The molecule has 3 aromatic heterocycles. The summed E-state index contributed by atoms with van der Waals surface area (Å²) in [5.74, 6) is 1.50. The number of ether oxygens (including phenoxy) is 1. The summed E-state index contributed by atoms with van der Waals surface area (Å²) >= 11 is 1.08. The van der Waals surface area contributed by atoms with Crippen LogP contribution in [0.15, 0.2) is 12.4 Å². The number of benzene rings is 1. The zero-order valence-electron chi connectivity index (χ0n) is 25.0. The number of hydrogen-bond donors (Lipinski definition) is 1. The fourth-order valence-corrected chi connectivity index (χ4v) is 7.43. The van der Waals surface area contributed by atoms with Crippen molar-refractivity contribution in [3.05, 3.63) is 34.9 Å². The van der Waals surface area contributed by atoms with E-state index in [1.807, 2.05) is 33.9 Å². The minimum absolute atomic E-state index is 0.254. The van der Waals surface area contributed by atoms with Crippen LogP contribution in [0.2, 0.25) is 0 Å². The van der Waals surface area contributed by atoms with Crippen molar-refractivity contribution in [1.82, 2.24) is 15.0 Å². The molecule has 0 spiro atoms. The van der Waals surface area contributed by atoms with Crippen molar-refractivity contribution in [2.24, 2.45) is 11.8 Å². The normalized spacial score (nSPS) is 17.7. The van der Waals surface area contributed by atoms with Crippen LogP contribution in [0.25, 0.3) is 32.2 Å². The third-order valence-electron chi connectivity index (χ3n) is 7.77. The van der Waals surface area contributed by atoms with E-state index in [1.165, 1.54) is 12.6 Å².